The first kappa shape index (κ1) is 23.1. The van der Waals surface area contributed by atoms with E-state index in [4.69, 9.17) is 9.47 Å². The van der Waals surface area contributed by atoms with E-state index in [2.05, 4.69) is 42.5 Å². The molecule has 0 radical (unpaired) electrons. The zero-order chi connectivity index (χ0) is 23.7. The number of ether oxygens (including phenoxy) is 2. The molecule has 7 nitrogen and oxygen atoms in total. The number of hydrogen-bond acceptors (Lipinski definition) is 6. The largest absolute Gasteiger partial charge is 0.376 e. The van der Waals surface area contributed by atoms with Crippen LogP contribution in [0.5, 0.6) is 0 Å². The van der Waals surface area contributed by atoms with Gasteiger partial charge in [0.05, 0.1) is 36.2 Å². The van der Waals surface area contributed by atoms with E-state index in [-0.39, 0.29) is 36.4 Å². The number of rotatable bonds is 5. The predicted octanol–water partition coefficient (Wildman–Crippen LogP) is 5.59. The van der Waals surface area contributed by atoms with Crippen molar-refractivity contribution in [1.29, 1.82) is 0 Å². The van der Waals surface area contributed by atoms with Gasteiger partial charge in [0.2, 0.25) is 5.91 Å². The van der Waals surface area contributed by atoms with E-state index < -0.39 is 0 Å². The second kappa shape index (κ2) is 9.92. The Morgan fingerprint density at radius 2 is 2.00 bits per heavy atom. The molecule has 0 unspecified atom stereocenters. The monoisotopic (exact) mass is 464 g/mol. The number of fused-ring (bicyclic) bond motifs is 2. The van der Waals surface area contributed by atoms with E-state index in [1.807, 2.05) is 29.2 Å². The van der Waals surface area contributed by atoms with Gasteiger partial charge in [-0.2, -0.15) is 0 Å². The summed E-state index contributed by atoms with van der Waals surface area (Å²) >= 11 is 0. The van der Waals surface area contributed by atoms with Crippen LogP contribution in [0.2, 0.25) is 0 Å². The summed E-state index contributed by atoms with van der Waals surface area (Å²) in [5, 5.41) is 6.97. The number of benzene rings is 1. The van der Waals surface area contributed by atoms with E-state index in [9.17, 15) is 4.79 Å². The normalized spacial score (nSPS) is 26.4. The summed E-state index contributed by atoms with van der Waals surface area (Å²) in [5.74, 6) is 1.00. The summed E-state index contributed by atoms with van der Waals surface area (Å²) in [7, 11) is 0. The Balaban J connectivity index is 1.40. The molecule has 34 heavy (non-hydrogen) atoms. The molecule has 1 aliphatic carbocycles. The van der Waals surface area contributed by atoms with Crippen molar-refractivity contribution in [1.82, 2.24) is 4.98 Å². The quantitative estimate of drug-likeness (QED) is 0.601. The molecule has 0 spiro atoms. The maximum atomic E-state index is 13.9. The third-order valence-corrected chi connectivity index (χ3v) is 7.08. The van der Waals surface area contributed by atoms with E-state index in [0.29, 0.717) is 6.54 Å². The molecule has 2 aromatic rings. The third-order valence-electron chi connectivity index (χ3n) is 7.08. The fraction of sp³-hybridized carbons (Fsp3) is 0.556. The van der Waals surface area contributed by atoms with Crippen molar-refractivity contribution < 1.29 is 14.3 Å². The number of aromatic nitrogens is 1. The molecular weight excluding hydrogens is 428 g/mol. The predicted molar refractivity (Wildman–Crippen MR) is 134 cm³/mol. The highest BCUT2D eigenvalue weighted by molar-refractivity contribution is 6.00. The Labute approximate surface area is 202 Å². The Morgan fingerprint density at radius 3 is 2.74 bits per heavy atom. The minimum atomic E-state index is 0.00559. The second-order valence-corrected chi connectivity index (χ2v) is 10.1. The molecule has 3 heterocycles. The smallest absolute Gasteiger partial charge is 0.230 e. The summed E-state index contributed by atoms with van der Waals surface area (Å²) in [4.78, 5) is 20.4. The number of amides is 1. The number of nitrogens with zero attached hydrogens (tertiary/aromatic N) is 2. The number of hydrogen-bond donors (Lipinski definition) is 2. The molecule has 0 bridgehead atoms. The van der Waals surface area contributed by atoms with E-state index >= 15 is 0 Å². The first-order valence-electron chi connectivity index (χ1n) is 12.7. The van der Waals surface area contributed by atoms with Crippen LogP contribution in [0.3, 0.4) is 0 Å². The summed E-state index contributed by atoms with van der Waals surface area (Å²) in [5.41, 5.74) is 3.77. The zero-order valence-corrected chi connectivity index (χ0v) is 20.4. The van der Waals surface area contributed by atoms with E-state index in [0.717, 1.165) is 67.0 Å². The SMILES string of the molecule is CC(C)O[C@H]1CC[C@H](C(=O)N2Cc3cccnc3Nc3ccc(N[C@@H]4CC[C@@H](C)O4)cc32)CC1. The molecule has 1 aromatic heterocycles. The van der Waals surface area contributed by atoms with Crippen LogP contribution >= 0.6 is 0 Å². The molecule has 1 saturated heterocycles. The molecule has 5 rings (SSSR count). The molecule has 3 aliphatic rings. The Hall–Kier alpha value is -2.64. The first-order valence-corrected chi connectivity index (χ1v) is 12.7. The molecule has 182 valence electrons. The van der Waals surface area contributed by atoms with Gasteiger partial charge in [0.1, 0.15) is 12.0 Å². The lowest BCUT2D eigenvalue weighted by Gasteiger charge is -2.33. The third kappa shape index (κ3) is 5.05. The molecular formula is C27H36N4O3. The van der Waals surface area contributed by atoms with Gasteiger partial charge < -0.3 is 25.0 Å². The lowest BCUT2D eigenvalue weighted by Crippen LogP contribution is -2.38. The summed E-state index contributed by atoms with van der Waals surface area (Å²) < 4.78 is 12.0. The number of pyridine rings is 1. The topological polar surface area (TPSA) is 75.7 Å². The Bertz CT molecular complexity index is 1020. The molecule has 1 aromatic carbocycles. The molecule has 2 N–H and O–H groups in total. The highest BCUT2D eigenvalue weighted by Gasteiger charge is 2.33. The van der Waals surface area contributed by atoms with Gasteiger partial charge in [-0.3, -0.25) is 4.79 Å². The van der Waals surface area contributed by atoms with Crippen molar-refractivity contribution in [3.05, 3.63) is 42.1 Å². The number of carbonyl (C=O) groups excluding carboxylic acids is 1. The van der Waals surface area contributed by atoms with Crippen molar-refractivity contribution in [3.8, 4) is 0 Å². The lowest BCUT2D eigenvalue weighted by atomic mass is 9.86. The molecule has 1 saturated carbocycles. The van der Waals surface area contributed by atoms with Gasteiger partial charge in [-0.05, 0) is 83.6 Å². The van der Waals surface area contributed by atoms with Crippen LogP contribution in [0.15, 0.2) is 36.5 Å². The van der Waals surface area contributed by atoms with Crippen molar-refractivity contribution >= 4 is 28.8 Å². The van der Waals surface area contributed by atoms with Crippen LogP contribution in [0, 0.1) is 5.92 Å². The standard InChI is InChI=1S/C27H36N4O3/c1-17(2)33-22-10-7-19(8-11-22)27(32)31-16-20-5-4-14-28-26(20)30-23-12-9-21(15-24(23)31)29-25-13-6-18(3)34-25/h4-5,9,12,14-15,17-19,22,25,29H,6-8,10-11,13,16H2,1-3H3,(H,28,30)/t18-,19-,22-,25+/m1/s1. The summed E-state index contributed by atoms with van der Waals surface area (Å²) in [6.07, 6.45) is 8.18. The van der Waals surface area contributed by atoms with Gasteiger partial charge in [-0.1, -0.05) is 6.07 Å². The molecule has 2 aliphatic heterocycles. The van der Waals surface area contributed by atoms with E-state index in [1.54, 1.807) is 6.20 Å². The van der Waals surface area contributed by atoms with Gasteiger partial charge in [0.25, 0.3) is 0 Å². The van der Waals surface area contributed by atoms with Crippen molar-refractivity contribution in [2.45, 2.75) is 90.4 Å². The van der Waals surface area contributed by atoms with Gasteiger partial charge in [0, 0.05) is 23.4 Å². The van der Waals surface area contributed by atoms with Gasteiger partial charge in [-0.15, -0.1) is 0 Å². The van der Waals surface area contributed by atoms with E-state index in [1.165, 1.54) is 0 Å². The average Bonchev–Trinajstić information content (AvgIpc) is 3.15. The Morgan fingerprint density at radius 1 is 1.18 bits per heavy atom. The van der Waals surface area contributed by atoms with Crippen LogP contribution in [0.25, 0.3) is 0 Å². The minimum Gasteiger partial charge on any atom is -0.376 e. The maximum absolute atomic E-state index is 13.9. The number of carbonyl (C=O) groups is 1. The minimum absolute atomic E-state index is 0.00559. The van der Waals surface area contributed by atoms with Crippen molar-refractivity contribution in [2.24, 2.45) is 5.92 Å². The fourth-order valence-electron chi connectivity index (χ4n) is 5.35. The maximum Gasteiger partial charge on any atom is 0.230 e. The van der Waals surface area contributed by atoms with Crippen LogP contribution < -0.4 is 15.5 Å². The van der Waals surface area contributed by atoms with Crippen LogP contribution in [-0.2, 0) is 20.8 Å². The molecule has 2 fully saturated rings. The molecule has 2 atom stereocenters. The van der Waals surface area contributed by atoms with Crippen molar-refractivity contribution in [3.63, 3.8) is 0 Å². The number of nitrogens with one attached hydrogen (secondary N) is 2. The Kier molecular flexibility index (Phi) is 6.75. The van der Waals surface area contributed by atoms with Crippen molar-refractivity contribution in [2.75, 3.05) is 15.5 Å². The average molecular weight is 465 g/mol. The lowest BCUT2D eigenvalue weighted by molar-refractivity contribution is -0.124. The highest BCUT2D eigenvalue weighted by atomic mass is 16.5. The first-order chi connectivity index (χ1) is 16.5. The molecule has 7 heteroatoms. The van der Waals surface area contributed by atoms with Crippen LogP contribution in [-0.4, -0.2) is 35.4 Å². The second-order valence-electron chi connectivity index (χ2n) is 10.1. The van der Waals surface area contributed by atoms with Gasteiger partial charge in [0.15, 0.2) is 0 Å². The summed E-state index contributed by atoms with van der Waals surface area (Å²) in [6.45, 7) is 6.76. The number of anilines is 4. The zero-order valence-electron chi connectivity index (χ0n) is 20.4. The van der Waals surface area contributed by atoms with Gasteiger partial charge in [-0.25, -0.2) is 4.98 Å². The molecule has 1 amide bonds. The van der Waals surface area contributed by atoms with Crippen LogP contribution in [0.4, 0.5) is 22.9 Å². The summed E-state index contributed by atoms with van der Waals surface area (Å²) in [6, 6.07) is 10.1. The van der Waals surface area contributed by atoms with Gasteiger partial charge >= 0.3 is 0 Å². The highest BCUT2D eigenvalue weighted by Crippen LogP contribution is 2.39. The van der Waals surface area contributed by atoms with Crippen LogP contribution in [0.1, 0.15) is 64.9 Å². The fourth-order valence-corrected chi connectivity index (χ4v) is 5.35.